The van der Waals surface area contributed by atoms with Gasteiger partial charge in [-0.25, -0.2) is 0 Å². The van der Waals surface area contributed by atoms with Gasteiger partial charge in [0.05, 0.1) is 6.61 Å². The van der Waals surface area contributed by atoms with E-state index in [0.717, 1.165) is 4.47 Å². The molecule has 86 valence electrons. The van der Waals surface area contributed by atoms with Crippen molar-refractivity contribution in [3.8, 4) is 0 Å². The van der Waals surface area contributed by atoms with Crippen LogP contribution in [-0.4, -0.2) is 29.3 Å². The number of rotatable bonds is 3. The zero-order valence-corrected chi connectivity index (χ0v) is 10.8. The maximum Gasteiger partial charge on any atom is 0.257 e. The molecule has 0 atom stereocenters. The van der Waals surface area contributed by atoms with Gasteiger partial charge in [-0.3, -0.25) is 10.1 Å². The lowest BCUT2D eigenvalue weighted by molar-refractivity contribution is 0.0976. The second-order valence-corrected chi connectivity index (χ2v) is 4.26. The van der Waals surface area contributed by atoms with Crippen LogP contribution in [0.4, 0.5) is 0 Å². The summed E-state index contributed by atoms with van der Waals surface area (Å²) in [6.45, 7) is 0.285. The minimum atomic E-state index is -0.275. The number of aliphatic hydroxyl groups excluding tert-OH is 1. The van der Waals surface area contributed by atoms with Crippen molar-refractivity contribution in [1.29, 1.82) is 0 Å². The maximum atomic E-state index is 11.6. The van der Waals surface area contributed by atoms with E-state index in [1.165, 1.54) is 0 Å². The first-order valence-electron chi connectivity index (χ1n) is 4.59. The average molecular weight is 303 g/mol. The standard InChI is InChI=1S/C10H11BrN2O2S/c11-8-3-1-7(2-4-8)9(15)13-10(16)12-5-6-14/h1-4,14H,5-6H2,(H2,12,13,15,16). The number of carbonyl (C=O) groups excluding carboxylic acids is 1. The van der Waals surface area contributed by atoms with Crippen LogP contribution in [0.25, 0.3) is 0 Å². The van der Waals surface area contributed by atoms with E-state index in [0.29, 0.717) is 12.1 Å². The summed E-state index contributed by atoms with van der Waals surface area (Å²) in [6.07, 6.45) is 0. The molecule has 0 aliphatic rings. The average Bonchev–Trinajstić information content (AvgIpc) is 2.27. The Kier molecular flexibility index (Phi) is 5.37. The number of aliphatic hydroxyl groups is 1. The van der Waals surface area contributed by atoms with E-state index in [1.807, 2.05) is 0 Å². The first-order valence-corrected chi connectivity index (χ1v) is 5.79. The van der Waals surface area contributed by atoms with E-state index in [-0.39, 0.29) is 17.6 Å². The normalized spacial score (nSPS) is 9.62. The van der Waals surface area contributed by atoms with Crippen molar-refractivity contribution < 1.29 is 9.90 Å². The predicted molar refractivity (Wildman–Crippen MR) is 69.3 cm³/mol. The third-order valence-electron chi connectivity index (χ3n) is 1.73. The molecule has 0 spiro atoms. The number of thiocarbonyl (C=S) groups is 1. The predicted octanol–water partition coefficient (Wildman–Crippen LogP) is 1.05. The fourth-order valence-electron chi connectivity index (χ4n) is 0.990. The maximum absolute atomic E-state index is 11.6. The molecule has 0 aliphatic carbocycles. The SMILES string of the molecule is O=C(NC(=S)NCCO)c1ccc(Br)cc1. The molecule has 3 N–H and O–H groups in total. The van der Waals surface area contributed by atoms with Gasteiger partial charge in [0.2, 0.25) is 0 Å². The molecule has 0 saturated heterocycles. The summed E-state index contributed by atoms with van der Waals surface area (Å²) in [7, 11) is 0. The topological polar surface area (TPSA) is 61.4 Å². The molecule has 0 aromatic heterocycles. The van der Waals surface area contributed by atoms with Crippen molar-refractivity contribution in [3.05, 3.63) is 34.3 Å². The summed E-state index contributed by atoms with van der Waals surface area (Å²) in [5.74, 6) is -0.275. The molecule has 0 radical (unpaired) electrons. The Bertz CT molecular complexity index is 381. The van der Waals surface area contributed by atoms with Gasteiger partial charge >= 0.3 is 0 Å². The molecule has 4 nitrogen and oxygen atoms in total. The third-order valence-corrected chi connectivity index (χ3v) is 2.51. The van der Waals surface area contributed by atoms with Crippen molar-refractivity contribution in [2.75, 3.05) is 13.2 Å². The Hall–Kier alpha value is -0.980. The Morgan fingerprint density at radius 3 is 2.56 bits per heavy atom. The fourth-order valence-corrected chi connectivity index (χ4v) is 1.45. The number of benzene rings is 1. The highest BCUT2D eigenvalue weighted by atomic mass is 79.9. The van der Waals surface area contributed by atoms with E-state index in [9.17, 15) is 4.79 Å². The highest BCUT2D eigenvalue weighted by Crippen LogP contribution is 2.10. The molecule has 0 fully saturated rings. The van der Waals surface area contributed by atoms with Gasteiger partial charge in [0.15, 0.2) is 5.11 Å². The number of amides is 1. The Morgan fingerprint density at radius 2 is 2.00 bits per heavy atom. The summed E-state index contributed by atoms with van der Waals surface area (Å²) < 4.78 is 0.907. The highest BCUT2D eigenvalue weighted by molar-refractivity contribution is 9.10. The van der Waals surface area contributed by atoms with Crippen LogP contribution in [0.2, 0.25) is 0 Å². The van der Waals surface area contributed by atoms with Crippen molar-refractivity contribution in [3.63, 3.8) is 0 Å². The van der Waals surface area contributed by atoms with E-state index in [1.54, 1.807) is 24.3 Å². The van der Waals surface area contributed by atoms with Crippen LogP contribution in [-0.2, 0) is 0 Å². The second kappa shape index (κ2) is 6.57. The molecule has 0 saturated carbocycles. The largest absolute Gasteiger partial charge is 0.395 e. The van der Waals surface area contributed by atoms with Gasteiger partial charge < -0.3 is 10.4 Å². The lowest BCUT2D eigenvalue weighted by Gasteiger charge is -2.08. The van der Waals surface area contributed by atoms with Gasteiger partial charge in [-0.15, -0.1) is 0 Å². The molecular weight excluding hydrogens is 292 g/mol. The zero-order chi connectivity index (χ0) is 12.0. The van der Waals surface area contributed by atoms with Gasteiger partial charge in [0.25, 0.3) is 5.91 Å². The van der Waals surface area contributed by atoms with Crippen molar-refractivity contribution in [2.45, 2.75) is 0 Å². The van der Waals surface area contributed by atoms with Crippen molar-refractivity contribution in [1.82, 2.24) is 10.6 Å². The summed E-state index contributed by atoms with van der Waals surface area (Å²) in [5.41, 5.74) is 0.524. The number of hydrogen-bond acceptors (Lipinski definition) is 3. The molecule has 1 rings (SSSR count). The van der Waals surface area contributed by atoms with Crippen molar-refractivity contribution in [2.24, 2.45) is 0 Å². The number of hydrogen-bond donors (Lipinski definition) is 3. The van der Waals surface area contributed by atoms with Crippen LogP contribution in [0.3, 0.4) is 0 Å². The van der Waals surface area contributed by atoms with Gasteiger partial charge in [-0.2, -0.15) is 0 Å². The van der Waals surface area contributed by atoms with Crippen LogP contribution in [0.1, 0.15) is 10.4 Å². The van der Waals surface area contributed by atoms with Crippen LogP contribution in [0.5, 0.6) is 0 Å². The quantitative estimate of drug-likeness (QED) is 0.730. The van der Waals surface area contributed by atoms with E-state index >= 15 is 0 Å². The molecule has 16 heavy (non-hydrogen) atoms. The Labute approximate surface area is 107 Å². The number of carbonyl (C=O) groups is 1. The summed E-state index contributed by atoms with van der Waals surface area (Å²) in [6, 6.07) is 6.93. The lowest BCUT2D eigenvalue weighted by atomic mass is 10.2. The van der Waals surface area contributed by atoms with Gasteiger partial charge in [-0.05, 0) is 36.5 Å². The van der Waals surface area contributed by atoms with Gasteiger partial charge in [0, 0.05) is 16.6 Å². The Morgan fingerprint density at radius 1 is 1.38 bits per heavy atom. The monoisotopic (exact) mass is 302 g/mol. The first kappa shape index (κ1) is 13.1. The minimum absolute atomic E-state index is 0.0334. The molecule has 0 heterocycles. The molecule has 6 heteroatoms. The molecular formula is C10H11BrN2O2S. The van der Waals surface area contributed by atoms with Gasteiger partial charge in [0.1, 0.15) is 0 Å². The Balaban J connectivity index is 2.52. The third kappa shape index (κ3) is 4.26. The first-order chi connectivity index (χ1) is 7.63. The molecule has 1 amide bonds. The lowest BCUT2D eigenvalue weighted by Crippen LogP contribution is -2.40. The molecule has 0 aliphatic heterocycles. The van der Waals surface area contributed by atoms with Crippen LogP contribution >= 0.6 is 28.1 Å². The second-order valence-electron chi connectivity index (χ2n) is 2.94. The van der Waals surface area contributed by atoms with Gasteiger partial charge in [-0.1, -0.05) is 15.9 Å². The van der Waals surface area contributed by atoms with E-state index in [2.05, 4.69) is 26.6 Å². The van der Waals surface area contributed by atoms with Crippen LogP contribution in [0.15, 0.2) is 28.7 Å². The fraction of sp³-hybridized carbons (Fsp3) is 0.200. The summed E-state index contributed by atoms with van der Waals surface area (Å²) >= 11 is 8.14. The smallest absolute Gasteiger partial charge is 0.257 e. The van der Waals surface area contributed by atoms with E-state index < -0.39 is 0 Å². The molecule has 0 unspecified atom stereocenters. The minimum Gasteiger partial charge on any atom is -0.395 e. The summed E-state index contributed by atoms with van der Waals surface area (Å²) in [5, 5.41) is 14.0. The molecule has 1 aromatic rings. The van der Waals surface area contributed by atoms with E-state index in [4.69, 9.17) is 17.3 Å². The number of nitrogens with one attached hydrogen (secondary N) is 2. The molecule has 1 aromatic carbocycles. The summed E-state index contributed by atoms with van der Waals surface area (Å²) in [4.78, 5) is 11.6. The van der Waals surface area contributed by atoms with Crippen LogP contribution in [0, 0.1) is 0 Å². The zero-order valence-electron chi connectivity index (χ0n) is 8.37. The van der Waals surface area contributed by atoms with Crippen molar-refractivity contribution >= 4 is 39.2 Å². The molecule has 0 bridgehead atoms. The van der Waals surface area contributed by atoms with Crippen LogP contribution < -0.4 is 10.6 Å². The number of halogens is 1. The highest BCUT2D eigenvalue weighted by Gasteiger charge is 2.06.